The van der Waals surface area contributed by atoms with Crippen molar-refractivity contribution >= 4 is 18.1 Å². The Morgan fingerprint density at radius 3 is 2.47 bits per heavy atom. The summed E-state index contributed by atoms with van der Waals surface area (Å²) < 4.78 is 26.3. The van der Waals surface area contributed by atoms with Crippen molar-refractivity contribution in [3.8, 4) is 0 Å². The lowest BCUT2D eigenvalue weighted by Crippen LogP contribution is -2.43. The Bertz CT molecular complexity index is 360. The molecular weight excluding hydrogens is 246 g/mol. The maximum Gasteiger partial charge on any atom is 0.270 e. The molecule has 0 radical (unpaired) electrons. The van der Waals surface area contributed by atoms with Gasteiger partial charge in [0.05, 0.1) is 0 Å². The van der Waals surface area contributed by atoms with Crippen molar-refractivity contribution in [2.45, 2.75) is 12.8 Å². The highest BCUT2D eigenvalue weighted by Crippen LogP contribution is 2.29. The van der Waals surface area contributed by atoms with Gasteiger partial charge in [0, 0.05) is 44.4 Å². The first kappa shape index (κ1) is 14.2. The summed E-state index contributed by atoms with van der Waals surface area (Å²) in [5.41, 5.74) is 0.976. The van der Waals surface area contributed by atoms with E-state index in [9.17, 15) is 8.78 Å². The van der Waals surface area contributed by atoms with Crippen LogP contribution in [0.25, 0.3) is 0 Å². The van der Waals surface area contributed by atoms with Crippen molar-refractivity contribution in [2.24, 2.45) is 0 Å². The van der Waals surface area contributed by atoms with Crippen molar-refractivity contribution in [3.63, 3.8) is 0 Å². The van der Waals surface area contributed by atoms with Crippen LogP contribution in [-0.4, -0.2) is 26.2 Å². The first-order valence-corrected chi connectivity index (χ1v) is 5.51. The molecule has 1 N–H and O–H groups in total. The molecule has 2 nitrogen and oxygen atoms in total. The molecule has 17 heavy (non-hydrogen) atoms. The highest BCUT2D eigenvalue weighted by molar-refractivity contribution is 5.85. The van der Waals surface area contributed by atoms with E-state index in [2.05, 4.69) is 10.2 Å². The number of rotatable bonds is 2. The lowest BCUT2D eigenvalue weighted by Gasteiger charge is -2.30. The minimum Gasteiger partial charge on any atom is -0.369 e. The lowest BCUT2D eigenvalue weighted by molar-refractivity contribution is 0.0175. The molecule has 0 bridgehead atoms. The zero-order valence-electron chi connectivity index (χ0n) is 9.75. The normalized spacial score (nSPS) is 16.5. The second kappa shape index (κ2) is 5.65. The van der Waals surface area contributed by atoms with Gasteiger partial charge in [0.2, 0.25) is 0 Å². The van der Waals surface area contributed by atoms with E-state index >= 15 is 0 Å². The van der Waals surface area contributed by atoms with Gasteiger partial charge in [-0.2, -0.15) is 0 Å². The van der Waals surface area contributed by atoms with Gasteiger partial charge in [-0.3, -0.25) is 0 Å². The number of alkyl halides is 2. The van der Waals surface area contributed by atoms with Crippen LogP contribution in [0.5, 0.6) is 0 Å². The Hall–Kier alpha value is -0.870. The molecule has 96 valence electrons. The molecule has 0 saturated carbocycles. The Morgan fingerprint density at radius 1 is 1.24 bits per heavy atom. The fourth-order valence-electron chi connectivity index (χ4n) is 1.90. The molecule has 0 spiro atoms. The SMILES string of the molecule is CC(F)(F)c1cccc(N2CCNCC2)c1.Cl. The Kier molecular flexibility index (Phi) is 4.71. The number of hydrogen-bond donors (Lipinski definition) is 1. The summed E-state index contributed by atoms with van der Waals surface area (Å²) in [6, 6.07) is 6.65. The van der Waals surface area contributed by atoms with Gasteiger partial charge in [0.15, 0.2) is 0 Å². The fraction of sp³-hybridized carbons (Fsp3) is 0.500. The lowest BCUT2D eigenvalue weighted by atomic mass is 10.1. The highest BCUT2D eigenvalue weighted by atomic mass is 35.5. The van der Waals surface area contributed by atoms with Gasteiger partial charge in [-0.1, -0.05) is 12.1 Å². The molecule has 0 aromatic heterocycles. The van der Waals surface area contributed by atoms with Gasteiger partial charge >= 0.3 is 0 Å². The predicted octanol–water partition coefficient (Wildman–Crippen LogP) is 2.63. The maximum absolute atomic E-state index is 13.2. The van der Waals surface area contributed by atoms with Crippen molar-refractivity contribution in [3.05, 3.63) is 29.8 Å². The summed E-state index contributed by atoms with van der Waals surface area (Å²) in [5.74, 6) is -2.76. The molecule has 1 saturated heterocycles. The number of benzene rings is 1. The van der Waals surface area contributed by atoms with Gasteiger partial charge in [-0.25, -0.2) is 8.78 Å². The van der Waals surface area contributed by atoms with Crippen LogP contribution in [0.3, 0.4) is 0 Å². The van der Waals surface area contributed by atoms with Crippen molar-refractivity contribution in [1.82, 2.24) is 5.32 Å². The Balaban J connectivity index is 0.00000144. The largest absolute Gasteiger partial charge is 0.369 e. The third kappa shape index (κ3) is 3.54. The van der Waals surface area contributed by atoms with Crippen LogP contribution in [0.15, 0.2) is 24.3 Å². The fourth-order valence-corrected chi connectivity index (χ4v) is 1.90. The molecule has 1 aliphatic rings. The van der Waals surface area contributed by atoms with E-state index < -0.39 is 5.92 Å². The quantitative estimate of drug-likeness (QED) is 0.882. The minimum absolute atomic E-state index is 0. The summed E-state index contributed by atoms with van der Waals surface area (Å²) in [4.78, 5) is 2.13. The molecule has 1 aliphatic heterocycles. The van der Waals surface area contributed by atoms with Crippen molar-refractivity contribution in [1.29, 1.82) is 0 Å². The number of nitrogens with one attached hydrogen (secondary N) is 1. The Labute approximate surface area is 106 Å². The molecule has 0 aliphatic carbocycles. The van der Waals surface area contributed by atoms with Crippen molar-refractivity contribution in [2.75, 3.05) is 31.1 Å². The smallest absolute Gasteiger partial charge is 0.270 e. The summed E-state index contributed by atoms with van der Waals surface area (Å²) in [6.45, 7) is 4.50. The molecule has 0 atom stereocenters. The molecular formula is C12H17ClF2N2. The average Bonchev–Trinajstić information content (AvgIpc) is 2.29. The molecule has 1 fully saturated rings. The topological polar surface area (TPSA) is 15.3 Å². The van der Waals surface area contributed by atoms with E-state index in [-0.39, 0.29) is 18.0 Å². The molecule has 5 heteroatoms. The molecule has 2 rings (SSSR count). The van der Waals surface area contributed by atoms with Crippen LogP contribution in [-0.2, 0) is 5.92 Å². The third-order valence-corrected chi connectivity index (χ3v) is 2.84. The minimum atomic E-state index is -2.76. The predicted molar refractivity (Wildman–Crippen MR) is 68.3 cm³/mol. The van der Waals surface area contributed by atoms with Gasteiger partial charge in [0.1, 0.15) is 0 Å². The van der Waals surface area contributed by atoms with Crippen LogP contribution in [0.2, 0.25) is 0 Å². The number of hydrogen-bond acceptors (Lipinski definition) is 2. The zero-order chi connectivity index (χ0) is 11.6. The monoisotopic (exact) mass is 262 g/mol. The zero-order valence-corrected chi connectivity index (χ0v) is 10.6. The van der Waals surface area contributed by atoms with E-state index in [1.807, 2.05) is 6.07 Å². The maximum atomic E-state index is 13.2. The molecule has 1 aromatic carbocycles. The number of piperazine rings is 1. The van der Waals surface area contributed by atoms with E-state index in [4.69, 9.17) is 0 Å². The van der Waals surface area contributed by atoms with Gasteiger partial charge in [0.25, 0.3) is 5.92 Å². The summed E-state index contributed by atoms with van der Waals surface area (Å²) in [7, 11) is 0. The van der Waals surface area contributed by atoms with Crippen LogP contribution < -0.4 is 10.2 Å². The Morgan fingerprint density at radius 2 is 1.88 bits per heavy atom. The number of halogens is 3. The summed E-state index contributed by atoms with van der Waals surface area (Å²) in [6.07, 6.45) is 0. The highest BCUT2D eigenvalue weighted by Gasteiger charge is 2.24. The third-order valence-electron chi connectivity index (χ3n) is 2.84. The van der Waals surface area contributed by atoms with E-state index in [1.54, 1.807) is 12.1 Å². The standard InChI is InChI=1S/C12H16F2N2.ClH/c1-12(13,14)10-3-2-4-11(9-10)16-7-5-15-6-8-16;/h2-4,9,15H,5-8H2,1H3;1H. The number of anilines is 1. The average molecular weight is 263 g/mol. The first-order valence-electron chi connectivity index (χ1n) is 5.51. The summed E-state index contributed by atoms with van der Waals surface area (Å²) >= 11 is 0. The molecule has 0 unspecified atom stereocenters. The molecule has 1 heterocycles. The van der Waals surface area contributed by atoms with Gasteiger partial charge in [-0.15, -0.1) is 12.4 Å². The second-order valence-corrected chi connectivity index (χ2v) is 4.18. The molecule has 1 aromatic rings. The van der Waals surface area contributed by atoms with Crippen LogP contribution in [0.4, 0.5) is 14.5 Å². The van der Waals surface area contributed by atoms with E-state index in [0.29, 0.717) is 0 Å². The molecule has 0 amide bonds. The van der Waals surface area contributed by atoms with Crippen LogP contribution in [0, 0.1) is 0 Å². The second-order valence-electron chi connectivity index (χ2n) is 4.18. The van der Waals surface area contributed by atoms with Gasteiger partial charge in [-0.05, 0) is 12.1 Å². The van der Waals surface area contributed by atoms with E-state index in [1.165, 1.54) is 6.07 Å². The summed E-state index contributed by atoms with van der Waals surface area (Å²) in [5, 5.41) is 3.24. The van der Waals surface area contributed by atoms with Crippen molar-refractivity contribution < 1.29 is 8.78 Å². The first-order chi connectivity index (χ1) is 7.57. The van der Waals surface area contributed by atoms with Gasteiger partial charge < -0.3 is 10.2 Å². The number of nitrogens with zero attached hydrogens (tertiary/aromatic N) is 1. The van der Waals surface area contributed by atoms with Crippen LogP contribution >= 0.6 is 12.4 Å². The van der Waals surface area contributed by atoms with Crippen LogP contribution in [0.1, 0.15) is 12.5 Å². The van der Waals surface area contributed by atoms with E-state index in [0.717, 1.165) is 38.8 Å².